The number of halogens is 1. The molecular weight excluding hydrogens is 437 g/mol. The van der Waals surface area contributed by atoms with Crippen LogP contribution in [0, 0.1) is 11.7 Å². The van der Waals surface area contributed by atoms with Crippen LogP contribution in [0.15, 0.2) is 24.3 Å². The van der Waals surface area contributed by atoms with Crippen LogP contribution in [0.5, 0.6) is 0 Å². The molecule has 2 saturated heterocycles. The third kappa shape index (κ3) is 6.25. The third-order valence-corrected chi connectivity index (χ3v) is 7.28. The highest BCUT2D eigenvalue weighted by Gasteiger charge is 2.37. The van der Waals surface area contributed by atoms with Crippen molar-refractivity contribution in [3.05, 3.63) is 30.1 Å². The van der Waals surface area contributed by atoms with Crippen molar-refractivity contribution in [3.63, 3.8) is 0 Å². The van der Waals surface area contributed by atoms with E-state index in [2.05, 4.69) is 15.5 Å². The summed E-state index contributed by atoms with van der Waals surface area (Å²) < 4.78 is 13.1. The predicted molar refractivity (Wildman–Crippen MR) is 128 cm³/mol. The molecule has 1 atom stereocenters. The first kappa shape index (κ1) is 24.4. The highest BCUT2D eigenvalue weighted by Crippen LogP contribution is 2.31. The normalized spacial score (nSPS) is 20.6. The Bertz CT molecular complexity index is 851. The Morgan fingerprint density at radius 2 is 1.71 bits per heavy atom. The van der Waals surface area contributed by atoms with Crippen LogP contribution in [0.2, 0.25) is 0 Å². The second-order valence-electron chi connectivity index (χ2n) is 9.58. The number of amides is 4. The molecule has 1 saturated carbocycles. The number of anilines is 1. The molecule has 0 aromatic heterocycles. The molecule has 2 aliphatic heterocycles. The minimum atomic E-state index is -0.340. The zero-order chi connectivity index (χ0) is 23.9. The fourth-order valence-electron chi connectivity index (χ4n) is 5.42. The van der Waals surface area contributed by atoms with Gasteiger partial charge in [0.2, 0.25) is 11.8 Å². The molecule has 8 nitrogen and oxygen atoms in total. The molecule has 9 heteroatoms. The molecule has 3 aliphatic rings. The smallest absolute Gasteiger partial charge is 0.321 e. The average Bonchev–Trinajstić information content (AvgIpc) is 3.51. The van der Waals surface area contributed by atoms with Crippen molar-refractivity contribution in [2.45, 2.75) is 51.0 Å². The van der Waals surface area contributed by atoms with Crippen LogP contribution < -0.4 is 10.6 Å². The lowest BCUT2D eigenvalue weighted by Crippen LogP contribution is -2.58. The number of hydrogen-bond acceptors (Lipinski definition) is 4. The van der Waals surface area contributed by atoms with E-state index in [0.29, 0.717) is 57.3 Å². The standard InChI is InChI=1S/C25H36FN5O3/c26-20-8-10-21(11-9-20)28-25(34)31-17-15-30(16-18-31)23(19-5-1-2-6-19)24(33)27-12-4-14-29-13-3-7-22(29)32/h8-11,19,23H,1-7,12-18H2,(H,27,33)(H,28,34)/t23-/m1/s1. The van der Waals surface area contributed by atoms with Gasteiger partial charge in [0.1, 0.15) is 5.82 Å². The van der Waals surface area contributed by atoms with E-state index in [4.69, 9.17) is 0 Å². The van der Waals surface area contributed by atoms with Gasteiger partial charge in [-0.3, -0.25) is 14.5 Å². The first-order chi connectivity index (χ1) is 16.5. The van der Waals surface area contributed by atoms with Gasteiger partial charge >= 0.3 is 6.03 Å². The van der Waals surface area contributed by atoms with Crippen LogP contribution >= 0.6 is 0 Å². The Hall–Kier alpha value is -2.68. The fraction of sp³-hybridized carbons (Fsp3) is 0.640. The molecule has 0 unspecified atom stereocenters. The SMILES string of the molecule is O=C(NCCCN1CCCC1=O)[C@@H](C1CCCC1)N1CCN(C(=O)Nc2ccc(F)cc2)CC1. The number of nitrogens with zero attached hydrogens (tertiary/aromatic N) is 3. The summed E-state index contributed by atoms with van der Waals surface area (Å²) in [5.74, 6) is 0.299. The Labute approximate surface area is 200 Å². The quantitative estimate of drug-likeness (QED) is 0.569. The van der Waals surface area contributed by atoms with Crippen molar-refractivity contribution in [2.24, 2.45) is 5.92 Å². The predicted octanol–water partition coefficient (Wildman–Crippen LogP) is 2.66. The van der Waals surface area contributed by atoms with E-state index < -0.39 is 0 Å². The number of carbonyl (C=O) groups excluding carboxylic acids is 3. The summed E-state index contributed by atoms with van der Waals surface area (Å²) in [4.78, 5) is 43.5. The van der Waals surface area contributed by atoms with E-state index in [0.717, 1.165) is 45.1 Å². The van der Waals surface area contributed by atoms with Crippen LogP contribution in [-0.2, 0) is 9.59 Å². The van der Waals surface area contributed by atoms with Gasteiger partial charge in [-0.05, 0) is 55.9 Å². The van der Waals surface area contributed by atoms with Gasteiger partial charge in [0.05, 0.1) is 6.04 Å². The molecule has 4 rings (SSSR count). The summed E-state index contributed by atoms with van der Waals surface area (Å²) in [7, 11) is 0. The summed E-state index contributed by atoms with van der Waals surface area (Å²) in [6.45, 7) is 4.49. The van der Waals surface area contributed by atoms with E-state index in [9.17, 15) is 18.8 Å². The highest BCUT2D eigenvalue weighted by molar-refractivity contribution is 5.89. The summed E-state index contributed by atoms with van der Waals surface area (Å²) in [6, 6.07) is 5.36. The molecule has 186 valence electrons. The van der Waals surface area contributed by atoms with Gasteiger partial charge in [-0.1, -0.05) is 12.8 Å². The first-order valence-corrected chi connectivity index (χ1v) is 12.6. The largest absolute Gasteiger partial charge is 0.355 e. The van der Waals surface area contributed by atoms with Gasteiger partial charge in [-0.15, -0.1) is 0 Å². The van der Waals surface area contributed by atoms with Crippen LogP contribution in [0.1, 0.15) is 44.9 Å². The average molecular weight is 474 g/mol. The van der Waals surface area contributed by atoms with E-state index >= 15 is 0 Å². The van der Waals surface area contributed by atoms with E-state index in [-0.39, 0.29) is 29.7 Å². The molecule has 1 aromatic rings. The Kier molecular flexibility index (Phi) is 8.37. The fourth-order valence-corrected chi connectivity index (χ4v) is 5.42. The van der Waals surface area contributed by atoms with Crippen molar-refractivity contribution in [2.75, 3.05) is 51.1 Å². The maximum atomic E-state index is 13.2. The van der Waals surface area contributed by atoms with Gasteiger partial charge < -0.3 is 20.4 Å². The first-order valence-electron chi connectivity index (χ1n) is 12.6. The number of likely N-dealkylation sites (tertiary alicyclic amines) is 1. The number of carbonyl (C=O) groups is 3. The van der Waals surface area contributed by atoms with Gasteiger partial charge in [0.15, 0.2) is 0 Å². The number of nitrogens with one attached hydrogen (secondary N) is 2. The van der Waals surface area contributed by atoms with Gasteiger partial charge in [0.25, 0.3) is 0 Å². The van der Waals surface area contributed by atoms with E-state index in [1.807, 2.05) is 4.90 Å². The van der Waals surface area contributed by atoms with Crippen molar-refractivity contribution < 1.29 is 18.8 Å². The number of urea groups is 1. The summed E-state index contributed by atoms with van der Waals surface area (Å²) in [5, 5.41) is 5.94. The van der Waals surface area contributed by atoms with Crippen molar-refractivity contribution in [1.29, 1.82) is 0 Å². The van der Waals surface area contributed by atoms with Crippen molar-refractivity contribution in [1.82, 2.24) is 20.0 Å². The molecule has 0 spiro atoms. The number of benzene rings is 1. The van der Waals surface area contributed by atoms with Crippen LogP contribution in [-0.4, -0.2) is 84.4 Å². The Morgan fingerprint density at radius 3 is 2.35 bits per heavy atom. The van der Waals surface area contributed by atoms with Gasteiger partial charge in [-0.2, -0.15) is 0 Å². The summed E-state index contributed by atoms with van der Waals surface area (Å²) >= 11 is 0. The topological polar surface area (TPSA) is 85.0 Å². The minimum absolute atomic E-state index is 0.0730. The lowest BCUT2D eigenvalue weighted by atomic mass is 9.95. The highest BCUT2D eigenvalue weighted by atomic mass is 19.1. The Morgan fingerprint density at radius 1 is 1.00 bits per heavy atom. The number of hydrogen-bond donors (Lipinski definition) is 2. The zero-order valence-electron chi connectivity index (χ0n) is 19.8. The molecule has 0 radical (unpaired) electrons. The molecular formula is C25H36FN5O3. The van der Waals surface area contributed by atoms with E-state index in [1.54, 1.807) is 17.0 Å². The lowest BCUT2D eigenvalue weighted by Gasteiger charge is -2.40. The number of piperazine rings is 1. The molecule has 2 heterocycles. The zero-order valence-corrected chi connectivity index (χ0v) is 19.8. The number of rotatable bonds is 8. The van der Waals surface area contributed by atoms with Crippen LogP contribution in [0.3, 0.4) is 0 Å². The molecule has 34 heavy (non-hydrogen) atoms. The molecule has 1 aromatic carbocycles. The lowest BCUT2D eigenvalue weighted by molar-refractivity contribution is -0.129. The maximum Gasteiger partial charge on any atom is 0.321 e. The molecule has 4 amide bonds. The summed E-state index contributed by atoms with van der Waals surface area (Å²) in [5.41, 5.74) is 0.563. The third-order valence-electron chi connectivity index (χ3n) is 7.28. The van der Waals surface area contributed by atoms with Gasteiger partial charge in [0, 0.05) is 57.9 Å². The molecule has 1 aliphatic carbocycles. The van der Waals surface area contributed by atoms with Crippen molar-refractivity contribution in [3.8, 4) is 0 Å². The second kappa shape index (κ2) is 11.6. The van der Waals surface area contributed by atoms with Crippen LogP contribution in [0.4, 0.5) is 14.9 Å². The minimum Gasteiger partial charge on any atom is -0.355 e. The maximum absolute atomic E-state index is 13.2. The van der Waals surface area contributed by atoms with Crippen molar-refractivity contribution >= 4 is 23.5 Å². The summed E-state index contributed by atoms with van der Waals surface area (Å²) in [6.07, 6.45) is 6.79. The van der Waals surface area contributed by atoms with E-state index in [1.165, 1.54) is 12.1 Å². The molecule has 3 fully saturated rings. The monoisotopic (exact) mass is 473 g/mol. The van der Waals surface area contributed by atoms with Gasteiger partial charge in [-0.25, -0.2) is 9.18 Å². The molecule has 2 N–H and O–H groups in total. The Balaban J connectivity index is 1.26. The second-order valence-corrected chi connectivity index (χ2v) is 9.58. The van der Waals surface area contributed by atoms with Crippen LogP contribution in [0.25, 0.3) is 0 Å². The molecule has 0 bridgehead atoms.